The predicted molar refractivity (Wildman–Crippen MR) is 88.1 cm³/mol. The van der Waals surface area contributed by atoms with Crippen LogP contribution < -0.4 is 5.32 Å². The molecular formula is C14H23ClN4O2S. The molecule has 6 nitrogen and oxygen atoms in total. The molecule has 1 saturated carbocycles. The maximum Gasteiger partial charge on any atom is 0.282 e. The van der Waals surface area contributed by atoms with Crippen LogP contribution in [0.3, 0.4) is 0 Å². The number of piperazine rings is 1. The van der Waals surface area contributed by atoms with Gasteiger partial charge in [0.1, 0.15) is 0 Å². The van der Waals surface area contributed by atoms with Gasteiger partial charge in [-0.1, -0.05) is 6.07 Å². The van der Waals surface area contributed by atoms with E-state index in [9.17, 15) is 8.42 Å². The Balaban J connectivity index is 0.00000176. The van der Waals surface area contributed by atoms with Gasteiger partial charge >= 0.3 is 0 Å². The largest absolute Gasteiger partial charge is 0.313 e. The van der Waals surface area contributed by atoms with Gasteiger partial charge in [0.2, 0.25) is 0 Å². The van der Waals surface area contributed by atoms with E-state index in [2.05, 4.69) is 10.3 Å². The van der Waals surface area contributed by atoms with Crippen molar-refractivity contribution in [2.75, 3.05) is 33.2 Å². The van der Waals surface area contributed by atoms with Gasteiger partial charge in [-0.05, 0) is 30.4 Å². The molecule has 0 spiro atoms. The van der Waals surface area contributed by atoms with Crippen LogP contribution in [-0.4, -0.2) is 55.2 Å². The molecule has 2 aliphatic rings. The van der Waals surface area contributed by atoms with E-state index in [1.165, 1.54) is 4.31 Å². The summed E-state index contributed by atoms with van der Waals surface area (Å²) in [6.45, 7) is 2.44. The number of rotatable bonds is 5. The van der Waals surface area contributed by atoms with Crippen molar-refractivity contribution < 1.29 is 8.42 Å². The Morgan fingerprint density at radius 1 is 1.45 bits per heavy atom. The number of halogens is 1. The minimum atomic E-state index is -3.42. The number of hydrogen-bond donors (Lipinski definition) is 1. The molecule has 3 rings (SSSR count). The fraction of sp³-hybridized carbons (Fsp3) is 0.643. The molecule has 0 radical (unpaired) electrons. The Kier molecular flexibility index (Phi) is 5.79. The molecular weight excluding hydrogens is 324 g/mol. The standard InChI is InChI=1S/C14H22N4O2S.ClH/c1-17(11-12-4-5-12)21(19,20)18-8-7-16-10-14(18)13-3-2-6-15-9-13;/h2-3,6,9,12,14,16H,4-5,7-8,10-11H2,1H3;1H. The highest BCUT2D eigenvalue weighted by atomic mass is 35.5. The van der Waals surface area contributed by atoms with E-state index in [0.717, 1.165) is 18.4 Å². The van der Waals surface area contributed by atoms with Crippen molar-refractivity contribution in [2.45, 2.75) is 18.9 Å². The number of hydrogen-bond acceptors (Lipinski definition) is 4. The molecule has 1 aliphatic carbocycles. The molecule has 0 aromatic carbocycles. The van der Waals surface area contributed by atoms with E-state index < -0.39 is 10.2 Å². The summed E-state index contributed by atoms with van der Waals surface area (Å²) in [7, 11) is -1.73. The van der Waals surface area contributed by atoms with Gasteiger partial charge in [0.15, 0.2) is 0 Å². The van der Waals surface area contributed by atoms with Gasteiger partial charge < -0.3 is 5.32 Å². The molecule has 1 saturated heterocycles. The third-order valence-corrected chi connectivity index (χ3v) is 6.13. The van der Waals surface area contributed by atoms with E-state index in [0.29, 0.717) is 32.1 Å². The van der Waals surface area contributed by atoms with Crippen LogP contribution in [0.15, 0.2) is 24.5 Å². The zero-order chi connectivity index (χ0) is 14.9. The Hall–Kier alpha value is -0.730. The van der Waals surface area contributed by atoms with Crippen molar-refractivity contribution in [1.29, 1.82) is 0 Å². The fourth-order valence-corrected chi connectivity index (χ4v) is 4.35. The van der Waals surface area contributed by atoms with E-state index in [1.807, 2.05) is 12.1 Å². The van der Waals surface area contributed by atoms with Gasteiger partial charge in [-0.3, -0.25) is 4.98 Å². The predicted octanol–water partition coefficient (Wildman–Crippen LogP) is 1.04. The van der Waals surface area contributed by atoms with Crippen LogP contribution in [0.25, 0.3) is 0 Å². The number of pyridine rings is 1. The zero-order valence-corrected chi connectivity index (χ0v) is 14.3. The fourth-order valence-electron chi connectivity index (χ4n) is 2.76. The third kappa shape index (κ3) is 3.78. The normalized spacial score (nSPS) is 23.3. The molecule has 1 aliphatic heterocycles. The third-order valence-electron chi connectivity index (χ3n) is 4.17. The Morgan fingerprint density at radius 3 is 2.86 bits per heavy atom. The first-order chi connectivity index (χ1) is 10.1. The molecule has 2 fully saturated rings. The van der Waals surface area contributed by atoms with Crippen LogP contribution in [-0.2, 0) is 10.2 Å². The molecule has 1 atom stereocenters. The van der Waals surface area contributed by atoms with E-state index in [1.54, 1.807) is 23.7 Å². The summed E-state index contributed by atoms with van der Waals surface area (Å²) in [5.74, 6) is 0.546. The SMILES string of the molecule is CN(CC1CC1)S(=O)(=O)N1CCNCC1c1cccnc1.Cl. The molecule has 2 heterocycles. The zero-order valence-electron chi connectivity index (χ0n) is 12.7. The number of aromatic nitrogens is 1. The second-order valence-corrected chi connectivity index (χ2v) is 7.84. The van der Waals surface area contributed by atoms with Crippen molar-refractivity contribution in [2.24, 2.45) is 5.92 Å². The minimum absolute atomic E-state index is 0. The molecule has 22 heavy (non-hydrogen) atoms. The van der Waals surface area contributed by atoms with Crippen molar-refractivity contribution in [3.63, 3.8) is 0 Å². The molecule has 0 amide bonds. The molecule has 1 N–H and O–H groups in total. The van der Waals surface area contributed by atoms with Crippen LogP contribution in [0.1, 0.15) is 24.4 Å². The summed E-state index contributed by atoms with van der Waals surface area (Å²) < 4.78 is 28.8. The summed E-state index contributed by atoms with van der Waals surface area (Å²) in [4.78, 5) is 4.12. The molecule has 1 aromatic rings. The average molecular weight is 347 g/mol. The van der Waals surface area contributed by atoms with Crippen LogP contribution >= 0.6 is 12.4 Å². The van der Waals surface area contributed by atoms with Crippen molar-refractivity contribution in [1.82, 2.24) is 18.9 Å². The van der Waals surface area contributed by atoms with Gasteiger partial charge in [-0.25, -0.2) is 0 Å². The second-order valence-electron chi connectivity index (χ2n) is 5.85. The molecule has 8 heteroatoms. The van der Waals surface area contributed by atoms with Gasteiger partial charge in [0.05, 0.1) is 6.04 Å². The molecule has 1 aromatic heterocycles. The Labute approximate surface area is 138 Å². The van der Waals surface area contributed by atoms with Crippen LogP contribution in [0.4, 0.5) is 0 Å². The number of nitrogens with zero attached hydrogens (tertiary/aromatic N) is 3. The smallest absolute Gasteiger partial charge is 0.282 e. The highest BCUT2D eigenvalue weighted by Gasteiger charge is 2.37. The van der Waals surface area contributed by atoms with Gasteiger partial charge in [0.25, 0.3) is 10.2 Å². The van der Waals surface area contributed by atoms with E-state index >= 15 is 0 Å². The van der Waals surface area contributed by atoms with E-state index in [4.69, 9.17) is 0 Å². The summed E-state index contributed by atoms with van der Waals surface area (Å²) in [6.07, 6.45) is 5.75. The highest BCUT2D eigenvalue weighted by Crippen LogP contribution is 2.32. The van der Waals surface area contributed by atoms with Gasteiger partial charge in [0, 0.05) is 45.6 Å². The molecule has 1 unspecified atom stereocenters. The Morgan fingerprint density at radius 2 is 2.23 bits per heavy atom. The lowest BCUT2D eigenvalue weighted by atomic mass is 10.1. The average Bonchev–Trinajstić information content (AvgIpc) is 3.32. The lowest BCUT2D eigenvalue weighted by molar-refractivity contribution is 0.251. The quantitative estimate of drug-likeness (QED) is 0.865. The second kappa shape index (κ2) is 7.23. The first-order valence-corrected chi connectivity index (χ1v) is 8.82. The first kappa shape index (κ1) is 17.6. The van der Waals surface area contributed by atoms with Crippen LogP contribution in [0, 0.1) is 5.92 Å². The number of nitrogens with one attached hydrogen (secondary N) is 1. The molecule has 124 valence electrons. The maximum absolute atomic E-state index is 12.8. The van der Waals surface area contributed by atoms with Crippen LogP contribution in [0.2, 0.25) is 0 Å². The minimum Gasteiger partial charge on any atom is -0.313 e. The van der Waals surface area contributed by atoms with Crippen molar-refractivity contribution in [3.05, 3.63) is 30.1 Å². The van der Waals surface area contributed by atoms with E-state index in [-0.39, 0.29) is 18.4 Å². The Bertz CT molecular complexity index is 580. The molecule has 0 bridgehead atoms. The lowest BCUT2D eigenvalue weighted by Crippen LogP contribution is -2.52. The van der Waals surface area contributed by atoms with Crippen LogP contribution in [0.5, 0.6) is 0 Å². The van der Waals surface area contributed by atoms with Gasteiger partial charge in [-0.2, -0.15) is 17.0 Å². The summed E-state index contributed by atoms with van der Waals surface area (Å²) in [6, 6.07) is 3.61. The topological polar surface area (TPSA) is 65.5 Å². The highest BCUT2D eigenvalue weighted by molar-refractivity contribution is 7.86. The summed E-state index contributed by atoms with van der Waals surface area (Å²) in [5, 5.41) is 3.28. The summed E-state index contributed by atoms with van der Waals surface area (Å²) >= 11 is 0. The van der Waals surface area contributed by atoms with Crippen molar-refractivity contribution >= 4 is 22.6 Å². The lowest BCUT2D eigenvalue weighted by Gasteiger charge is -2.37. The summed E-state index contributed by atoms with van der Waals surface area (Å²) in [5.41, 5.74) is 0.938. The maximum atomic E-state index is 12.8. The first-order valence-electron chi connectivity index (χ1n) is 7.43. The van der Waals surface area contributed by atoms with Gasteiger partial charge in [-0.15, -0.1) is 12.4 Å². The van der Waals surface area contributed by atoms with Crippen molar-refractivity contribution in [3.8, 4) is 0 Å². The monoisotopic (exact) mass is 346 g/mol.